The smallest absolute Gasteiger partial charge is 0.387 e. The zero-order valence-electron chi connectivity index (χ0n) is 11.2. The molecule has 8 heteroatoms. The van der Waals surface area contributed by atoms with E-state index in [1.54, 1.807) is 12.1 Å². The van der Waals surface area contributed by atoms with E-state index in [4.69, 9.17) is 0 Å². The first-order chi connectivity index (χ1) is 10.1. The van der Waals surface area contributed by atoms with Crippen LogP contribution in [0, 0.1) is 0 Å². The van der Waals surface area contributed by atoms with Gasteiger partial charge in [0.05, 0.1) is 0 Å². The Balaban J connectivity index is 1.80. The number of H-pyrrole nitrogens is 1. The first-order valence-electron chi connectivity index (χ1n) is 6.43. The molecule has 2 N–H and O–H groups in total. The normalized spacial score (nSPS) is 11.0. The maximum atomic E-state index is 12.3. The quantitative estimate of drug-likeness (QED) is 0.710. The Bertz CT molecular complexity index is 551. The van der Waals surface area contributed by atoms with E-state index in [1.165, 1.54) is 12.4 Å². The number of hydrogen-bond acceptors (Lipinski definition) is 4. The Morgan fingerprint density at radius 3 is 2.95 bits per heavy atom. The number of hydrogen-bond donors (Lipinski definition) is 2. The van der Waals surface area contributed by atoms with Crippen molar-refractivity contribution in [2.75, 3.05) is 6.54 Å². The fourth-order valence-corrected chi connectivity index (χ4v) is 2.26. The van der Waals surface area contributed by atoms with Crippen molar-refractivity contribution < 1.29 is 13.5 Å². The second-order valence-electron chi connectivity index (χ2n) is 4.34. The van der Waals surface area contributed by atoms with E-state index < -0.39 is 6.61 Å². The minimum absolute atomic E-state index is 0.191. The molecule has 21 heavy (non-hydrogen) atoms. The molecule has 5 nitrogen and oxygen atoms in total. The summed E-state index contributed by atoms with van der Waals surface area (Å²) in [5.74, 6) is 1.02. The Hall–Kier alpha value is -1.54. The molecule has 0 saturated heterocycles. The van der Waals surface area contributed by atoms with Crippen LogP contribution in [0.1, 0.15) is 17.8 Å². The summed E-state index contributed by atoms with van der Waals surface area (Å²) in [6.07, 6.45) is 3.12. The largest absolute Gasteiger partial charge is 0.434 e. The minimum atomic E-state index is -2.82. The third-order valence-corrected chi connectivity index (χ3v) is 3.28. The van der Waals surface area contributed by atoms with Gasteiger partial charge in [-0.15, -0.1) is 0 Å². The van der Waals surface area contributed by atoms with Crippen molar-refractivity contribution in [2.45, 2.75) is 26.0 Å². The van der Waals surface area contributed by atoms with Gasteiger partial charge in [0, 0.05) is 23.0 Å². The molecule has 1 aromatic carbocycles. The molecular formula is C13H15BrF2N4O. The minimum Gasteiger partial charge on any atom is -0.434 e. The third kappa shape index (κ3) is 5.39. The average Bonchev–Trinajstić information content (AvgIpc) is 2.94. The van der Waals surface area contributed by atoms with E-state index in [-0.39, 0.29) is 5.75 Å². The van der Waals surface area contributed by atoms with Crippen molar-refractivity contribution in [2.24, 2.45) is 0 Å². The molecule has 0 saturated carbocycles. The van der Waals surface area contributed by atoms with Crippen molar-refractivity contribution in [1.29, 1.82) is 0 Å². The van der Waals surface area contributed by atoms with Crippen molar-refractivity contribution in [3.63, 3.8) is 0 Å². The molecule has 0 unspecified atom stereocenters. The fraction of sp³-hybridized carbons (Fsp3) is 0.385. The van der Waals surface area contributed by atoms with Crippen LogP contribution in [0.25, 0.3) is 0 Å². The van der Waals surface area contributed by atoms with Gasteiger partial charge in [-0.05, 0) is 31.2 Å². The number of rotatable bonds is 8. The van der Waals surface area contributed by atoms with Crippen molar-refractivity contribution in [3.05, 3.63) is 40.4 Å². The van der Waals surface area contributed by atoms with Crippen LogP contribution in [-0.4, -0.2) is 28.3 Å². The summed E-state index contributed by atoms with van der Waals surface area (Å²) in [7, 11) is 0. The topological polar surface area (TPSA) is 62.8 Å². The highest BCUT2D eigenvalue weighted by molar-refractivity contribution is 9.10. The number of ether oxygens (including phenoxy) is 1. The van der Waals surface area contributed by atoms with Gasteiger partial charge in [-0.3, -0.25) is 5.10 Å². The molecule has 0 radical (unpaired) electrons. The number of nitrogens with zero attached hydrogens (tertiary/aromatic N) is 2. The van der Waals surface area contributed by atoms with Gasteiger partial charge in [-0.1, -0.05) is 15.9 Å². The lowest BCUT2D eigenvalue weighted by atomic mass is 10.2. The molecule has 0 bridgehead atoms. The van der Waals surface area contributed by atoms with E-state index in [0.717, 1.165) is 29.7 Å². The van der Waals surface area contributed by atoms with E-state index in [9.17, 15) is 8.78 Å². The molecule has 0 aliphatic carbocycles. The molecular weight excluding hydrogens is 346 g/mol. The zero-order chi connectivity index (χ0) is 15.1. The monoisotopic (exact) mass is 360 g/mol. The number of alkyl halides is 2. The Kier molecular flexibility index (Phi) is 6.06. The molecule has 0 amide bonds. The standard InChI is InChI=1S/C13H15BrF2N4O/c14-10-3-4-11(21-13(15)16)9(6-10)7-17-5-1-2-12-18-8-19-20-12/h3-4,6,8,13,17H,1-2,5,7H2,(H,18,19,20). The zero-order valence-corrected chi connectivity index (χ0v) is 12.7. The molecule has 2 aromatic rings. The summed E-state index contributed by atoms with van der Waals surface area (Å²) in [5, 5.41) is 9.75. The van der Waals surface area contributed by atoms with Crippen LogP contribution in [0.15, 0.2) is 29.0 Å². The Labute approximate surface area is 129 Å². The number of benzene rings is 1. The third-order valence-electron chi connectivity index (χ3n) is 2.79. The van der Waals surface area contributed by atoms with E-state index >= 15 is 0 Å². The molecule has 114 valence electrons. The lowest BCUT2D eigenvalue weighted by molar-refractivity contribution is -0.0505. The lowest BCUT2D eigenvalue weighted by Crippen LogP contribution is -2.17. The molecule has 2 rings (SSSR count). The maximum absolute atomic E-state index is 12.3. The van der Waals surface area contributed by atoms with E-state index in [2.05, 4.69) is 41.2 Å². The fourth-order valence-electron chi connectivity index (χ4n) is 1.85. The van der Waals surface area contributed by atoms with Gasteiger partial charge in [0.15, 0.2) is 0 Å². The molecule has 0 fully saturated rings. The summed E-state index contributed by atoms with van der Waals surface area (Å²) in [6.45, 7) is -1.63. The Morgan fingerprint density at radius 2 is 2.24 bits per heavy atom. The highest BCUT2D eigenvalue weighted by Crippen LogP contribution is 2.24. The van der Waals surface area contributed by atoms with Crippen LogP contribution >= 0.6 is 15.9 Å². The van der Waals surface area contributed by atoms with Gasteiger partial charge in [-0.2, -0.15) is 13.9 Å². The SMILES string of the molecule is FC(F)Oc1ccc(Br)cc1CNCCCc1ncn[nH]1. The summed E-state index contributed by atoms with van der Waals surface area (Å²) in [5.41, 5.74) is 0.685. The van der Waals surface area contributed by atoms with Crippen molar-refractivity contribution >= 4 is 15.9 Å². The van der Waals surface area contributed by atoms with E-state index in [0.29, 0.717) is 12.1 Å². The molecule has 1 heterocycles. The van der Waals surface area contributed by atoms with Crippen LogP contribution in [-0.2, 0) is 13.0 Å². The summed E-state index contributed by atoms with van der Waals surface area (Å²) >= 11 is 3.32. The van der Waals surface area contributed by atoms with Gasteiger partial charge < -0.3 is 10.1 Å². The molecule has 0 aliphatic rings. The van der Waals surface area contributed by atoms with Crippen LogP contribution in [0.2, 0.25) is 0 Å². The van der Waals surface area contributed by atoms with Crippen molar-refractivity contribution in [3.8, 4) is 5.75 Å². The predicted octanol–water partition coefficient (Wildman–Crippen LogP) is 2.89. The van der Waals surface area contributed by atoms with Crippen LogP contribution in [0.4, 0.5) is 8.78 Å². The van der Waals surface area contributed by atoms with Crippen LogP contribution < -0.4 is 10.1 Å². The van der Waals surface area contributed by atoms with Gasteiger partial charge >= 0.3 is 6.61 Å². The van der Waals surface area contributed by atoms with Crippen LogP contribution in [0.3, 0.4) is 0 Å². The first kappa shape index (κ1) is 15.8. The number of nitrogens with one attached hydrogen (secondary N) is 2. The second kappa shape index (κ2) is 8.04. The Morgan fingerprint density at radius 1 is 1.38 bits per heavy atom. The van der Waals surface area contributed by atoms with Crippen molar-refractivity contribution in [1.82, 2.24) is 20.5 Å². The number of halogens is 3. The van der Waals surface area contributed by atoms with E-state index in [1.807, 2.05) is 0 Å². The highest BCUT2D eigenvalue weighted by Gasteiger charge is 2.09. The molecule has 0 aliphatic heterocycles. The molecule has 1 aromatic heterocycles. The van der Waals surface area contributed by atoms with Gasteiger partial charge in [-0.25, -0.2) is 4.98 Å². The lowest BCUT2D eigenvalue weighted by Gasteiger charge is -2.12. The second-order valence-corrected chi connectivity index (χ2v) is 5.26. The first-order valence-corrected chi connectivity index (χ1v) is 7.22. The predicted molar refractivity (Wildman–Crippen MR) is 77.2 cm³/mol. The summed E-state index contributed by atoms with van der Waals surface area (Å²) in [6, 6.07) is 4.97. The number of aromatic amines is 1. The number of aryl methyl sites for hydroxylation is 1. The summed E-state index contributed by atoms with van der Waals surface area (Å²) < 4.78 is 30.0. The average molecular weight is 361 g/mol. The van der Waals surface area contributed by atoms with Gasteiger partial charge in [0.25, 0.3) is 0 Å². The van der Waals surface area contributed by atoms with Crippen LogP contribution in [0.5, 0.6) is 5.75 Å². The highest BCUT2D eigenvalue weighted by atomic mass is 79.9. The number of aromatic nitrogens is 3. The van der Waals surface area contributed by atoms with Gasteiger partial charge in [0.2, 0.25) is 0 Å². The van der Waals surface area contributed by atoms with Gasteiger partial charge in [0.1, 0.15) is 17.9 Å². The molecule has 0 spiro atoms. The molecule has 0 atom stereocenters. The maximum Gasteiger partial charge on any atom is 0.387 e. The summed E-state index contributed by atoms with van der Waals surface area (Å²) in [4.78, 5) is 4.03.